The Balaban J connectivity index is 1.80. The second-order valence-corrected chi connectivity index (χ2v) is 9.16. The van der Waals surface area contributed by atoms with Crippen molar-refractivity contribution in [2.45, 2.75) is 70.9 Å². The average Bonchev–Trinajstić information content (AvgIpc) is 2.69. The van der Waals surface area contributed by atoms with E-state index in [1.54, 1.807) is 0 Å². The number of benzene rings is 1. The van der Waals surface area contributed by atoms with Gasteiger partial charge in [-0.2, -0.15) is 13.2 Å². The molecule has 0 aromatic heterocycles. The van der Waals surface area contributed by atoms with E-state index < -0.39 is 24.3 Å². The average molecular weight is 446 g/mol. The van der Waals surface area contributed by atoms with Crippen LogP contribution in [-0.4, -0.2) is 36.5 Å². The molecule has 5 nitrogen and oxygen atoms in total. The van der Waals surface area contributed by atoms with Crippen molar-refractivity contribution >= 4 is 11.8 Å². The molecule has 2 amide bonds. The molecule has 0 atom stereocenters. The van der Waals surface area contributed by atoms with Crippen LogP contribution in [0.5, 0.6) is 0 Å². The number of alkyl halides is 4. The highest BCUT2D eigenvalue weighted by molar-refractivity contribution is 5.94. The summed E-state index contributed by atoms with van der Waals surface area (Å²) in [5, 5.41) is 8.82. The second-order valence-electron chi connectivity index (χ2n) is 9.16. The first-order chi connectivity index (χ1) is 14.4. The molecule has 174 valence electrons. The Morgan fingerprint density at radius 3 is 2.23 bits per heavy atom. The fourth-order valence-corrected chi connectivity index (χ4v) is 3.67. The summed E-state index contributed by atoms with van der Waals surface area (Å²) in [4.78, 5) is 24.2. The zero-order valence-electron chi connectivity index (χ0n) is 18.2. The van der Waals surface area contributed by atoms with Crippen molar-refractivity contribution in [3.8, 4) is 0 Å². The smallest absolute Gasteiger partial charge is 0.352 e. The van der Waals surface area contributed by atoms with Gasteiger partial charge in [0, 0.05) is 23.7 Å². The molecule has 1 aromatic carbocycles. The molecule has 1 aromatic rings. The Kier molecular flexibility index (Phi) is 8.45. The fraction of sp³-hybridized carbons (Fsp3) is 0.636. The summed E-state index contributed by atoms with van der Waals surface area (Å²) in [7, 11) is 0. The van der Waals surface area contributed by atoms with Crippen LogP contribution >= 0.6 is 0 Å². The molecule has 9 heteroatoms. The largest absolute Gasteiger partial charge is 0.416 e. The molecule has 0 spiro atoms. The lowest BCUT2D eigenvalue weighted by Crippen LogP contribution is -2.47. The minimum absolute atomic E-state index is 0.0596. The van der Waals surface area contributed by atoms with Gasteiger partial charge in [-0.15, -0.1) is 0 Å². The first-order valence-corrected chi connectivity index (χ1v) is 10.5. The summed E-state index contributed by atoms with van der Waals surface area (Å²) in [6.45, 7) is 5.27. The molecule has 0 bridgehead atoms. The van der Waals surface area contributed by atoms with Gasteiger partial charge in [0.05, 0.1) is 12.1 Å². The van der Waals surface area contributed by atoms with Crippen LogP contribution in [-0.2, 0) is 17.6 Å². The van der Waals surface area contributed by atoms with Gasteiger partial charge in [-0.25, -0.2) is 4.39 Å². The molecule has 0 saturated heterocycles. The number of carbonyl (C=O) groups excluding carboxylic acids is 2. The maximum Gasteiger partial charge on any atom is 0.416 e. The second kappa shape index (κ2) is 10.4. The van der Waals surface area contributed by atoms with Gasteiger partial charge in [-0.1, -0.05) is 0 Å². The zero-order chi connectivity index (χ0) is 23.2. The Hall–Kier alpha value is -2.16. The molecule has 31 heavy (non-hydrogen) atoms. The highest BCUT2D eigenvalue weighted by atomic mass is 19.4. The number of nitrogens with one attached hydrogen (secondary N) is 3. The molecular weight excluding hydrogens is 414 g/mol. The van der Waals surface area contributed by atoms with Gasteiger partial charge >= 0.3 is 6.18 Å². The fourth-order valence-electron chi connectivity index (χ4n) is 3.67. The summed E-state index contributed by atoms with van der Waals surface area (Å²) < 4.78 is 51.8. The van der Waals surface area contributed by atoms with Crippen molar-refractivity contribution in [3.63, 3.8) is 0 Å². The summed E-state index contributed by atoms with van der Waals surface area (Å²) >= 11 is 0. The number of hydrogen-bond acceptors (Lipinski definition) is 3. The van der Waals surface area contributed by atoms with Crippen LogP contribution < -0.4 is 16.0 Å². The van der Waals surface area contributed by atoms with Crippen LogP contribution in [0.1, 0.15) is 67.9 Å². The molecule has 1 aliphatic rings. The summed E-state index contributed by atoms with van der Waals surface area (Å²) in [5.74, 6) is -0.493. The van der Waals surface area contributed by atoms with Crippen molar-refractivity contribution in [1.29, 1.82) is 0 Å². The van der Waals surface area contributed by atoms with Crippen LogP contribution in [0, 0.1) is 5.92 Å². The number of hydrogen-bond donors (Lipinski definition) is 3. The lowest BCUT2D eigenvalue weighted by atomic mass is 9.86. The van der Waals surface area contributed by atoms with E-state index in [4.69, 9.17) is 0 Å². The third-order valence-electron chi connectivity index (χ3n) is 5.20. The Morgan fingerprint density at radius 2 is 1.68 bits per heavy atom. The van der Waals surface area contributed by atoms with Crippen molar-refractivity contribution in [1.82, 2.24) is 16.0 Å². The normalized spacial score (nSPS) is 19.7. The summed E-state index contributed by atoms with van der Waals surface area (Å²) in [6, 6.07) is 2.83. The van der Waals surface area contributed by atoms with Crippen LogP contribution in [0.15, 0.2) is 18.2 Å². The highest BCUT2D eigenvalue weighted by Gasteiger charge is 2.32. The molecular formula is C22H31F4N3O2. The number of halogens is 4. The maximum absolute atomic E-state index is 13.0. The summed E-state index contributed by atoms with van der Waals surface area (Å²) in [6.07, 6.45) is -1.29. The monoisotopic (exact) mass is 445 g/mol. The molecule has 2 rings (SSSR count). The predicted octanol–water partition coefficient (Wildman–Crippen LogP) is 3.97. The first-order valence-electron chi connectivity index (χ1n) is 10.5. The van der Waals surface area contributed by atoms with Gasteiger partial charge in [-0.05, 0) is 76.1 Å². The lowest BCUT2D eigenvalue weighted by Gasteiger charge is -2.29. The highest BCUT2D eigenvalue weighted by Crippen LogP contribution is 2.31. The zero-order valence-corrected chi connectivity index (χ0v) is 18.2. The van der Waals surface area contributed by atoms with Crippen molar-refractivity contribution in [2.24, 2.45) is 5.92 Å². The van der Waals surface area contributed by atoms with E-state index in [0.717, 1.165) is 37.8 Å². The predicted molar refractivity (Wildman–Crippen MR) is 110 cm³/mol. The first kappa shape index (κ1) is 25.1. The number of rotatable bonds is 7. The molecule has 0 radical (unpaired) electrons. The number of carbonyl (C=O) groups is 2. The molecule has 1 fully saturated rings. The minimum atomic E-state index is -4.64. The van der Waals surface area contributed by atoms with Gasteiger partial charge < -0.3 is 16.0 Å². The molecule has 3 N–H and O–H groups in total. The van der Waals surface area contributed by atoms with Gasteiger partial charge in [-0.3, -0.25) is 9.59 Å². The van der Waals surface area contributed by atoms with E-state index in [1.165, 1.54) is 0 Å². The van der Waals surface area contributed by atoms with Crippen LogP contribution in [0.4, 0.5) is 17.6 Å². The van der Waals surface area contributed by atoms with E-state index in [2.05, 4.69) is 16.0 Å². The standard InChI is InChI=1S/C22H31F4N3O2/c1-21(2,3)29-19(30)13-27-18-6-4-14(5-7-18)12-28-20(31)16-8-15(11-23)9-17(10-16)22(24,25)26/h8-10,14,18,27H,4-7,11-13H2,1-3H3,(H,28,31)(H,29,30). The van der Waals surface area contributed by atoms with E-state index in [-0.39, 0.29) is 41.1 Å². The molecule has 1 saturated carbocycles. The molecule has 1 aliphatic carbocycles. The van der Waals surface area contributed by atoms with E-state index in [9.17, 15) is 27.2 Å². The summed E-state index contributed by atoms with van der Waals surface area (Å²) in [5.41, 5.74) is -1.68. The molecule has 0 unspecified atom stereocenters. The third-order valence-corrected chi connectivity index (χ3v) is 5.20. The Morgan fingerprint density at radius 1 is 1.03 bits per heavy atom. The third kappa shape index (κ3) is 8.47. The minimum Gasteiger partial charge on any atom is -0.352 e. The van der Waals surface area contributed by atoms with E-state index >= 15 is 0 Å². The SMILES string of the molecule is CC(C)(C)NC(=O)CNC1CCC(CNC(=O)c2cc(CF)cc(C(F)(F)F)c2)CC1. The van der Waals surface area contributed by atoms with Crippen LogP contribution in [0.2, 0.25) is 0 Å². The van der Waals surface area contributed by atoms with Crippen LogP contribution in [0.25, 0.3) is 0 Å². The molecule has 0 heterocycles. The van der Waals surface area contributed by atoms with Gasteiger partial charge in [0.2, 0.25) is 5.91 Å². The van der Waals surface area contributed by atoms with Gasteiger partial charge in [0.15, 0.2) is 0 Å². The van der Waals surface area contributed by atoms with Crippen molar-refractivity contribution in [3.05, 3.63) is 34.9 Å². The topological polar surface area (TPSA) is 70.2 Å². The van der Waals surface area contributed by atoms with E-state index in [1.807, 2.05) is 20.8 Å². The lowest BCUT2D eigenvalue weighted by molar-refractivity contribution is -0.137. The molecule has 0 aliphatic heterocycles. The van der Waals surface area contributed by atoms with E-state index in [0.29, 0.717) is 12.6 Å². The Bertz CT molecular complexity index is 767. The number of amides is 2. The van der Waals surface area contributed by atoms with Gasteiger partial charge in [0.1, 0.15) is 6.67 Å². The van der Waals surface area contributed by atoms with Gasteiger partial charge in [0.25, 0.3) is 5.91 Å². The maximum atomic E-state index is 13.0. The quantitative estimate of drug-likeness (QED) is 0.557. The van der Waals surface area contributed by atoms with Crippen molar-refractivity contribution in [2.75, 3.05) is 13.1 Å². The van der Waals surface area contributed by atoms with Crippen LogP contribution in [0.3, 0.4) is 0 Å². The van der Waals surface area contributed by atoms with Crippen molar-refractivity contribution < 1.29 is 27.2 Å². The Labute approximate surface area is 180 Å².